The van der Waals surface area contributed by atoms with Crippen molar-refractivity contribution in [2.75, 3.05) is 13.7 Å². The first-order valence-corrected chi connectivity index (χ1v) is 5.16. The highest BCUT2D eigenvalue weighted by atomic mass is 16.3. The molecule has 3 N–H and O–H groups in total. The van der Waals surface area contributed by atoms with Crippen molar-refractivity contribution in [2.24, 2.45) is 11.7 Å². The first-order chi connectivity index (χ1) is 6.07. The van der Waals surface area contributed by atoms with E-state index < -0.39 is 0 Å². The highest BCUT2D eigenvalue weighted by Crippen LogP contribution is 2.35. The summed E-state index contributed by atoms with van der Waals surface area (Å²) in [6.07, 6.45) is 2.67. The largest absolute Gasteiger partial charge is 0.395 e. The maximum absolute atomic E-state index is 9.20. The predicted molar refractivity (Wildman–Crippen MR) is 54.5 cm³/mol. The minimum absolute atomic E-state index is 0.0381. The fourth-order valence-electron chi connectivity index (χ4n) is 1.88. The van der Waals surface area contributed by atoms with Crippen LogP contribution in [0.15, 0.2) is 0 Å². The zero-order chi connectivity index (χ0) is 10.0. The van der Waals surface area contributed by atoms with E-state index in [-0.39, 0.29) is 18.7 Å². The van der Waals surface area contributed by atoms with Gasteiger partial charge in [0.2, 0.25) is 0 Å². The molecule has 3 heteroatoms. The van der Waals surface area contributed by atoms with Crippen LogP contribution in [0.2, 0.25) is 0 Å². The van der Waals surface area contributed by atoms with E-state index in [1.54, 1.807) is 0 Å². The Kier molecular flexibility index (Phi) is 3.71. The summed E-state index contributed by atoms with van der Waals surface area (Å²) >= 11 is 0. The molecule has 3 nitrogen and oxygen atoms in total. The molecule has 0 saturated heterocycles. The molecule has 1 aliphatic rings. The Balaban J connectivity index is 2.46. The Labute approximate surface area is 80.9 Å². The quantitative estimate of drug-likeness (QED) is 0.654. The summed E-state index contributed by atoms with van der Waals surface area (Å²) in [5, 5.41) is 9.20. The maximum atomic E-state index is 9.20. The number of hydrogen-bond acceptors (Lipinski definition) is 3. The molecule has 0 aromatic heterocycles. The molecule has 0 aromatic carbocycles. The van der Waals surface area contributed by atoms with Gasteiger partial charge >= 0.3 is 0 Å². The predicted octanol–water partition coefficient (Wildman–Crippen LogP) is 0.425. The first kappa shape index (κ1) is 11.0. The van der Waals surface area contributed by atoms with Crippen LogP contribution in [-0.4, -0.2) is 41.8 Å². The van der Waals surface area contributed by atoms with Gasteiger partial charge < -0.3 is 10.8 Å². The summed E-state index contributed by atoms with van der Waals surface area (Å²) in [4.78, 5) is 2.22. The Morgan fingerprint density at radius 1 is 1.46 bits per heavy atom. The lowest BCUT2D eigenvalue weighted by molar-refractivity contribution is 0.0923. The second-order valence-corrected chi connectivity index (χ2v) is 4.35. The second kappa shape index (κ2) is 4.40. The molecule has 0 heterocycles. The zero-order valence-electron chi connectivity index (χ0n) is 8.90. The lowest BCUT2D eigenvalue weighted by Crippen LogP contribution is -2.50. The van der Waals surface area contributed by atoms with E-state index in [9.17, 15) is 5.11 Å². The van der Waals surface area contributed by atoms with Gasteiger partial charge in [-0.3, -0.25) is 4.90 Å². The Morgan fingerprint density at radius 3 is 2.31 bits per heavy atom. The van der Waals surface area contributed by atoms with Crippen molar-refractivity contribution in [2.45, 2.75) is 44.8 Å². The zero-order valence-corrected chi connectivity index (χ0v) is 8.90. The van der Waals surface area contributed by atoms with Crippen molar-refractivity contribution in [1.29, 1.82) is 0 Å². The van der Waals surface area contributed by atoms with Crippen LogP contribution in [0.4, 0.5) is 0 Å². The SMILES string of the molecule is CC(N)C(CO)N(C)C(C)C1CC1. The van der Waals surface area contributed by atoms with E-state index in [0.717, 1.165) is 5.92 Å². The first-order valence-electron chi connectivity index (χ1n) is 5.16. The minimum atomic E-state index is 0.0381. The van der Waals surface area contributed by atoms with Crippen molar-refractivity contribution in [1.82, 2.24) is 4.90 Å². The third kappa shape index (κ3) is 2.66. The summed E-state index contributed by atoms with van der Waals surface area (Å²) in [6.45, 7) is 4.34. The van der Waals surface area contributed by atoms with Crippen LogP contribution in [0.25, 0.3) is 0 Å². The number of nitrogens with zero attached hydrogens (tertiary/aromatic N) is 1. The maximum Gasteiger partial charge on any atom is 0.0601 e. The van der Waals surface area contributed by atoms with Crippen molar-refractivity contribution in [3.8, 4) is 0 Å². The normalized spacial score (nSPS) is 24.5. The molecule has 1 aliphatic carbocycles. The third-order valence-electron chi connectivity index (χ3n) is 3.26. The van der Waals surface area contributed by atoms with Gasteiger partial charge in [-0.2, -0.15) is 0 Å². The molecule has 78 valence electrons. The third-order valence-corrected chi connectivity index (χ3v) is 3.26. The average Bonchev–Trinajstić information content (AvgIpc) is 2.85. The number of aliphatic hydroxyl groups is 1. The van der Waals surface area contributed by atoms with E-state index in [4.69, 9.17) is 5.73 Å². The summed E-state index contributed by atoms with van der Waals surface area (Å²) in [5.74, 6) is 0.831. The molecule has 0 radical (unpaired) electrons. The number of likely N-dealkylation sites (N-methyl/N-ethyl adjacent to an activating group) is 1. The van der Waals surface area contributed by atoms with Gasteiger partial charge in [-0.1, -0.05) is 0 Å². The summed E-state index contributed by atoms with van der Waals surface area (Å²) < 4.78 is 0. The van der Waals surface area contributed by atoms with Crippen molar-refractivity contribution in [3.05, 3.63) is 0 Å². The fraction of sp³-hybridized carbons (Fsp3) is 1.00. The van der Waals surface area contributed by atoms with Crippen LogP contribution in [0.1, 0.15) is 26.7 Å². The van der Waals surface area contributed by atoms with Crippen LogP contribution in [0.5, 0.6) is 0 Å². The van der Waals surface area contributed by atoms with Gasteiger partial charge in [-0.25, -0.2) is 0 Å². The molecule has 0 bridgehead atoms. The van der Waals surface area contributed by atoms with Crippen molar-refractivity contribution in [3.63, 3.8) is 0 Å². The molecule has 1 saturated carbocycles. The van der Waals surface area contributed by atoms with Gasteiger partial charge in [0.25, 0.3) is 0 Å². The molecule has 0 aliphatic heterocycles. The molecule has 1 fully saturated rings. The van der Waals surface area contributed by atoms with E-state index in [1.807, 2.05) is 6.92 Å². The van der Waals surface area contributed by atoms with E-state index >= 15 is 0 Å². The summed E-state index contributed by atoms with van der Waals surface area (Å²) in [5.41, 5.74) is 5.80. The second-order valence-electron chi connectivity index (χ2n) is 4.35. The van der Waals surface area contributed by atoms with E-state index in [0.29, 0.717) is 6.04 Å². The summed E-state index contributed by atoms with van der Waals surface area (Å²) in [7, 11) is 2.06. The average molecular weight is 186 g/mol. The molecular weight excluding hydrogens is 164 g/mol. The fourth-order valence-corrected chi connectivity index (χ4v) is 1.88. The highest BCUT2D eigenvalue weighted by molar-refractivity contribution is 4.88. The number of aliphatic hydroxyl groups excluding tert-OH is 1. The summed E-state index contributed by atoms with van der Waals surface area (Å²) in [6, 6.07) is 0.704. The lowest BCUT2D eigenvalue weighted by atomic mass is 10.1. The van der Waals surface area contributed by atoms with Gasteiger partial charge in [0.05, 0.1) is 6.61 Å². The van der Waals surface area contributed by atoms with Gasteiger partial charge in [-0.05, 0) is 39.7 Å². The molecule has 0 spiro atoms. The molecular formula is C10H22N2O. The van der Waals surface area contributed by atoms with Gasteiger partial charge in [-0.15, -0.1) is 0 Å². The number of nitrogens with two attached hydrogens (primary N) is 1. The molecule has 0 amide bonds. The number of hydrogen-bond donors (Lipinski definition) is 2. The van der Waals surface area contributed by atoms with Gasteiger partial charge in [0.15, 0.2) is 0 Å². The van der Waals surface area contributed by atoms with E-state index in [1.165, 1.54) is 12.8 Å². The van der Waals surface area contributed by atoms with Crippen LogP contribution < -0.4 is 5.73 Å². The standard InChI is InChI=1S/C10H22N2O/c1-7(11)10(6-13)12(3)8(2)9-4-5-9/h7-10,13H,4-6,11H2,1-3H3. The van der Waals surface area contributed by atoms with Gasteiger partial charge in [0, 0.05) is 18.1 Å². The Bertz CT molecular complexity index is 157. The minimum Gasteiger partial charge on any atom is -0.395 e. The molecule has 3 unspecified atom stereocenters. The molecule has 0 aromatic rings. The van der Waals surface area contributed by atoms with Crippen LogP contribution in [0, 0.1) is 5.92 Å². The molecule has 3 atom stereocenters. The van der Waals surface area contributed by atoms with Crippen LogP contribution in [-0.2, 0) is 0 Å². The Hall–Kier alpha value is -0.120. The monoisotopic (exact) mass is 186 g/mol. The molecule has 13 heavy (non-hydrogen) atoms. The Morgan fingerprint density at radius 2 is 2.00 bits per heavy atom. The highest BCUT2D eigenvalue weighted by Gasteiger charge is 2.33. The lowest BCUT2D eigenvalue weighted by Gasteiger charge is -2.34. The topological polar surface area (TPSA) is 49.5 Å². The van der Waals surface area contributed by atoms with Crippen molar-refractivity contribution < 1.29 is 5.11 Å². The molecule has 1 rings (SSSR count). The van der Waals surface area contributed by atoms with Gasteiger partial charge in [0.1, 0.15) is 0 Å². The number of rotatable bonds is 5. The smallest absolute Gasteiger partial charge is 0.0601 e. The van der Waals surface area contributed by atoms with Crippen LogP contribution >= 0.6 is 0 Å². The van der Waals surface area contributed by atoms with E-state index in [2.05, 4.69) is 18.9 Å². The van der Waals surface area contributed by atoms with Crippen LogP contribution in [0.3, 0.4) is 0 Å². The van der Waals surface area contributed by atoms with Crippen molar-refractivity contribution >= 4 is 0 Å².